The minimum atomic E-state index is -2.74. The van der Waals surface area contributed by atoms with Gasteiger partial charge in [0.15, 0.2) is 0 Å². The molecule has 0 saturated heterocycles. The maximum Gasteiger partial charge on any atom is 0.293 e. The van der Waals surface area contributed by atoms with Crippen molar-refractivity contribution in [1.29, 1.82) is 0 Å². The number of H-pyrrole nitrogens is 1. The topological polar surface area (TPSA) is 127 Å². The average molecular weight is 497 g/mol. The van der Waals surface area contributed by atoms with Crippen LogP contribution >= 0.6 is 0 Å². The molecule has 8 nitrogen and oxygen atoms in total. The predicted molar refractivity (Wildman–Crippen MR) is 130 cm³/mol. The van der Waals surface area contributed by atoms with Gasteiger partial charge in [0.2, 0.25) is 11.7 Å². The number of nitrogens with one attached hydrogen (secondary N) is 3. The van der Waals surface area contributed by atoms with Crippen LogP contribution in [-0.2, 0) is 17.8 Å². The lowest BCUT2D eigenvalue weighted by Crippen LogP contribution is -2.34. The van der Waals surface area contributed by atoms with E-state index in [-0.39, 0.29) is 18.7 Å². The van der Waals surface area contributed by atoms with Crippen molar-refractivity contribution >= 4 is 5.91 Å². The van der Waals surface area contributed by atoms with Crippen molar-refractivity contribution in [3.05, 3.63) is 93.2 Å². The molecule has 2 aromatic carbocycles. The molecule has 5 N–H and O–H groups in total. The summed E-state index contributed by atoms with van der Waals surface area (Å²) in [6.07, 6.45) is -1.67. The molecular formula is C26H26F2N4O4. The smallest absolute Gasteiger partial charge is 0.293 e. The maximum atomic E-state index is 12.6. The van der Waals surface area contributed by atoms with E-state index in [0.717, 1.165) is 23.0 Å². The van der Waals surface area contributed by atoms with Crippen LogP contribution in [0.25, 0.3) is 0 Å². The summed E-state index contributed by atoms with van der Waals surface area (Å²) in [6.45, 7) is 0.413. The number of halogens is 2. The average Bonchev–Trinajstić information content (AvgIpc) is 2.88. The summed E-state index contributed by atoms with van der Waals surface area (Å²) in [5.74, 6) is 3.48. The van der Waals surface area contributed by atoms with E-state index in [1.165, 1.54) is 0 Å². The van der Waals surface area contributed by atoms with E-state index in [2.05, 4.69) is 32.4 Å². The number of carbonyl (C=O) groups excluding carboxylic acids is 1. The first kappa shape index (κ1) is 26.5. The van der Waals surface area contributed by atoms with Gasteiger partial charge in [-0.15, -0.1) is 0 Å². The Morgan fingerprint density at radius 1 is 1.03 bits per heavy atom. The largest absolute Gasteiger partial charge is 0.502 e. The number of aliphatic hydroxyl groups excluding tert-OH is 1. The van der Waals surface area contributed by atoms with E-state index >= 15 is 0 Å². The van der Waals surface area contributed by atoms with E-state index < -0.39 is 36.1 Å². The molecule has 188 valence electrons. The van der Waals surface area contributed by atoms with Crippen molar-refractivity contribution < 1.29 is 23.8 Å². The highest BCUT2D eigenvalue weighted by molar-refractivity contribution is 5.84. The molecule has 3 aromatic rings. The quantitative estimate of drug-likeness (QED) is 0.215. The van der Waals surface area contributed by atoms with Crippen molar-refractivity contribution in [2.75, 3.05) is 19.7 Å². The van der Waals surface area contributed by atoms with Gasteiger partial charge >= 0.3 is 0 Å². The second-order valence-corrected chi connectivity index (χ2v) is 7.90. The fourth-order valence-electron chi connectivity index (χ4n) is 3.40. The summed E-state index contributed by atoms with van der Waals surface area (Å²) in [4.78, 5) is 30.5. The molecule has 0 fully saturated rings. The Labute approximate surface area is 206 Å². The SMILES string of the molecule is O=C(NCC(F)F)C(Cc1ccc(C#Cc2ccc(CNCCO)cc2)cc1)c1nc[nH]c(=O)c1O. The highest BCUT2D eigenvalue weighted by Crippen LogP contribution is 2.24. The third kappa shape index (κ3) is 7.73. The Hall–Kier alpha value is -4.07. The van der Waals surface area contributed by atoms with Gasteiger partial charge in [-0.05, 0) is 41.8 Å². The molecule has 1 amide bonds. The van der Waals surface area contributed by atoms with Crippen LogP contribution in [-0.4, -0.2) is 52.2 Å². The van der Waals surface area contributed by atoms with Gasteiger partial charge in [0, 0.05) is 24.2 Å². The molecule has 10 heteroatoms. The molecule has 0 radical (unpaired) electrons. The van der Waals surface area contributed by atoms with Gasteiger partial charge in [-0.1, -0.05) is 36.1 Å². The van der Waals surface area contributed by atoms with Gasteiger partial charge in [-0.3, -0.25) is 9.59 Å². The van der Waals surface area contributed by atoms with Crippen molar-refractivity contribution in [3.63, 3.8) is 0 Å². The second kappa shape index (κ2) is 13.1. The molecule has 1 aromatic heterocycles. The van der Waals surface area contributed by atoms with Crippen molar-refractivity contribution in [1.82, 2.24) is 20.6 Å². The first-order valence-electron chi connectivity index (χ1n) is 11.2. The molecule has 0 aliphatic rings. The highest BCUT2D eigenvalue weighted by atomic mass is 19.3. The lowest BCUT2D eigenvalue weighted by atomic mass is 9.94. The van der Waals surface area contributed by atoms with E-state index in [1.54, 1.807) is 24.3 Å². The second-order valence-electron chi connectivity index (χ2n) is 7.90. The zero-order chi connectivity index (χ0) is 25.9. The lowest BCUT2D eigenvalue weighted by Gasteiger charge is -2.17. The molecule has 0 spiro atoms. The summed E-state index contributed by atoms with van der Waals surface area (Å²) in [5, 5.41) is 24.1. The van der Waals surface area contributed by atoms with Crippen LogP contribution in [0, 0.1) is 11.8 Å². The number of aromatic nitrogens is 2. The van der Waals surface area contributed by atoms with Crippen molar-refractivity contribution in [3.8, 4) is 17.6 Å². The number of rotatable bonds is 10. The van der Waals surface area contributed by atoms with E-state index in [1.807, 2.05) is 24.3 Å². The van der Waals surface area contributed by atoms with Crippen LogP contribution in [0.2, 0.25) is 0 Å². The lowest BCUT2D eigenvalue weighted by molar-refractivity contribution is -0.123. The van der Waals surface area contributed by atoms with Gasteiger partial charge in [-0.25, -0.2) is 13.8 Å². The number of alkyl halides is 2. The third-order valence-electron chi connectivity index (χ3n) is 5.25. The van der Waals surface area contributed by atoms with Gasteiger partial charge in [0.1, 0.15) is 5.69 Å². The number of benzene rings is 2. The number of nitrogens with zero attached hydrogens (tertiary/aromatic N) is 1. The normalized spacial score (nSPS) is 11.6. The van der Waals surface area contributed by atoms with Crippen LogP contribution < -0.4 is 16.2 Å². The Kier molecular flexibility index (Phi) is 9.68. The minimum Gasteiger partial charge on any atom is -0.502 e. The van der Waals surface area contributed by atoms with Gasteiger partial charge < -0.3 is 25.8 Å². The number of amides is 1. The number of aromatic hydroxyl groups is 1. The first-order valence-corrected chi connectivity index (χ1v) is 11.2. The zero-order valence-electron chi connectivity index (χ0n) is 19.3. The molecule has 1 atom stereocenters. The van der Waals surface area contributed by atoms with Gasteiger partial charge in [0.25, 0.3) is 12.0 Å². The van der Waals surface area contributed by atoms with Gasteiger partial charge in [0.05, 0.1) is 25.4 Å². The Morgan fingerprint density at radius 2 is 1.64 bits per heavy atom. The van der Waals surface area contributed by atoms with E-state index in [0.29, 0.717) is 18.7 Å². The Balaban J connectivity index is 1.72. The summed E-state index contributed by atoms with van der Waals surface area (Å²) in [7, 11) is 0. The van der Waals surface area contributed by atoms with E-state index in [9.17, 15) is 23.5 Å². The Bertz CT molecular complexity index is 1270. The molecule has 0 bridgehead atoms. The molecule has 0 aliphatic carbocycles. The minimum absolute atomic E-state index is 0.0264. The highest BCUT2D eigenvalue weighted by Gasteiger charge is 2.27. The molecule has 1 heterocycles. The summed E-state index contributed by atoms with van der Waals surface area (Å²) < 4.78 is 25.2. The van der Waals surface area contributed by atoms with Crippen LogP contribution in [0.15, 0.2) is 59.7 Å². The number of aliphatic hydroxyl groups is 1. The monoisotopic (exact) mass is 496 g/mol. The molecule has 36 heavy (non-hydrogen) atoms. The molecule has 3 rings (SSSR count). The van der Waals surface area contributed by atoms with Gasteiger partial charge in [-0.2, -0.15) is 0 Å². The fourth-order valence-corrected chi connectivity index (χ4v) is 3.40. The number of aromatic amines is 1. The van der Waals surface area contributed by atoms with Crippen LogP contribution in [0.4, 0.5) is 8.78 Å². The standard InChI is InChI=1S/C26H26F2N4O4/c27-22(28)15-30-25(35)21(23-24(34)26(36)32-16-31-23)13-19-7-3-17(4-8-19)1-2-18-5-9-20(10-6-18)14-29-11-12-33/h3-10,16,21-22,29,33-34H,11-15H2,(H,30,35)(H,31,32,36). The molecular weight excluding hydrogens is 470 g/mol. The third-order valence-corrected chi connectivity index (χ3v) is 5.25. The summed E-state index contributed by atoms with van der Waals surface area (Å²) in [5.41, 5.74) is 2.28. The molecule has 1 unspecified atom stereocenters. The van der Waals surface area contributed by atoms with Crippen LogP contribution in [0.3, 0.4) is 0 Å². The first-order chi connectivity index (χ1) is 17.4. The van der Waals surface area contributed by atoms with Crippen molar-refractivity contribution in [2.24, 2.45) is 0 Å². The zero-order valence-corrected chi connectivity index (χ0v) is 19.3. The molecule has 0 aliphatic heterocycles. The maximum absolute atomic E-state index is 12.6. The summed E-state index contributed by atoms with van der Waals surface area (Å²) >= 11 is 0. The van der Waals surface area contributed by atoms with Crippen LogP contribution in [0.5, 0.6) is 5.75 Å². The van der Waals surface area contributed by atoms with Crippen molar-refractivity contribution in [2.45, 2.75) is 25.3 Å². The van der Waals surface area contributed by atoms with Crippen LogP contribution in [0.1, 0.15) is 33.9 Å². The Morgan fingerprint density at radius 3 is 2.22 bits per heavy atom. The van der Waals surface area contributed by atoms with E-state index in [4.69, 9.17) is 5.11 Å². The number of hydrogen-bond donors (Lipinski definition) is 5. The summed E-state index contributed by atoms with van der Waals surface area (Å²) in [6, 6.07) is 14.7. The number of hydrogen-bond acceptors (Lipinski definition) is 6. The fraction of sp³-hybridized carbons (Fsp3) is 0.269. The molecule has 0 saturated carbocycles. The number of carbonyl (C=O) groups is 1. The predicted octanol–water partition coefficient (Wildman–Crippen LogP) is 1.66.